The lowest BCUT2D eigenvalue weighted by Crippen LogP contribution is -2.48. The number of aromatic nitrogens is 3. The molecule has 4 aromatic rings. The maximum Gasteiger partial charge on any atom is 0.249 e. The van der Waals surface area contributed by atoms with Crippen LogP contribution in [0.4, 0.5) is 5.69 Å². The number of rotatable bonds is 9. The molecule has 0 saturated heterocycles. The summed E-state index contributed by atoms with van der Waals surface area (Å²) in [5.41, 5.74) is 1.76. The average Bonchev–Trinajstić information content (AvgIpc) is 3.63. The molecule has 0 unspecified atom stereocenters. The fraction of sp³-hybridized carbons (Fsp3) is 0.357. The Hall–Kier alpha value is -3.61. The van der Waals surface area contributed by atoms with Gasteiger partial charge in [-0.3, -0.25) is 14.5 Å². The predicted molar refractivity (Wildman–Crippen MR) is 154 cm³/mol. The first kappa shape index (κ1) is 27.9. The highest BCUT2D eigenvalue weighted by Crippen LogP contribution is 2.33. The Morgan fingerprint density at radius 1 is 1.02 bits per heavy atom. The molecular weight excluding hydrogens is 548 g/mol. The van der Waals surface area contributed by atoms with Gasteiger partial charge in [0.05, 0.1) is 10.4 Å². The van der Waals surface area contributed by atoms with Crippen LogP contribution in [0.1, 0.15) is 43.0 Å². The highest BCUT2D eigenvalue weighted by molar-refractivity contribution is 7.89. The van der Waals surface area contributed by atoms with E-state index in [1.807, 2.05) is 41.8 Å². The fourth-order valence-electron chi connectivity index (χ4n) is 5.01. The minimum absolute atomic E-state index is 0.0486. The molecule has 10 nitrogen and oxygen atoms in total. The van der Waals surface area contributed by atoms with E-state index in [-0.39, 0.29) is 29.3 Å². The molecule has 5 rings (SSSR count). The Morgan fingerprint density at radius 2 is 1.75 bits per heavy atom. The van der Waals surface area contributed by atoms with Crippen LogP contribution in [-0.4, -0.2) is 59.7 Å². The predicted octanol–water partition coefficient (Wildman–Crippen LogP) is 3.97. The van der Waals surface area contributed by atoms with Crippen molar-refractivity contribution in [2.45, 2.75) is 55.6 Å². The number of nitrogens with one attached hydrogen (secondary N) is 1. The average molecular weight is 581 g/mol. The third-order valence-corrected chi connectivity index (χ3v) is 9.89. The van der Waals surface area contributed by atoms with Gasteiger partial charge in [-0.1, -0.05) is 42.7 Å². The van der Waals surface area contributed by atoms with Gasteiger partial charge in [0.1, 0.15) is 18.1 Å². The van der Waals surface area contributed by atoms with E-state index in [0.29, 0.717) is 21.6 Å². The van der Waals surface area contributed by atoms with Crippen LogP contribution in [0.2, 0.25) is 0 Å². The molecule has 12 heteroatoms. The lowest BCUT2D eigenvalue weighted by Gasteiger charge is -2.33. The number of para-hydroxylation sites is 1. The van der Waals surface area contributed by atoms with Gasteiger partial charge in [0.2, 0.25) is 21.8 Å². The Labute approximate surface area is 237 Å². The monoisotopic (exact) mass is 580 g/mol. The van der Waals surface area contributed by atoms with E-state index in [4.69, 9.17) is 0 Å². The molecule has 0 radical (unpaired) electrons. The van der Waals surface area contributed by atoms with Crippen molar-refractivity contribution in [3.05, 3.63) is 70.9 Å². The van der Waals surface area contributed by atoms with E-state index in [1.54, 1.807) is 12.1 Å². The number of anilines is 1. The summed E-state index contributed by atoms with van der Waals surface area (Å²) < 4.78 is 28.0. The highest BCUT2D eigenvalue weighted by Gasteiger charge is 2.35. The van der Waals surface area contributed by atoms with E-state index in [9.17, 15) is 18.0 Å². The van der Waals surface area contributed by atoms with E-state index >= 15 is 0 Å². The second-order valence-electron chi connectivity index (χ2n) is 10.0. The number of carbonyl (C=O) groups excluding carboxylic acids is 2. The summed E-state index contributed by atoms with van der Waals surface area (Å²) in [5.74, 6) is -0.646. The van der Waals surface area contributed by atoms with Crippen LogP contribution in [0, 0.1) is 0 Å². The summed E-state index contributed by atoms with van der Waals surface area (Å²) in [6.45, 7) is -0.156. The number of amides is 2. The van der Waals surface area contributed by atoms with Crippen LogP contribution in [0.5, 0.6) is 0 Å². The zero-order valence-electron chi connectivity index (χ0n) is 22.4. The summed E-state index contributed by atoms with van der Waals surface area (Å²) in [5, 5.41) is 13.4. The maximum absolute atomic E-state index is 14.1. The van der Waals surface area contributed by atoms with Crippen LogP contribution in [-0.2, 0) is 26.2 Å². The molecule has 40 heavy (non-hydrogen) atoms. The zero-order valence-corrected chi connectivity index (χ0v) is 24.1. The number of benzene rings is 2. The van der Waals surface area contributed by atoms with Gasteiger partial charge in [-0.2, -0.15) is 0 Å². The third kappa shape index (κ3) is 5.79. The van der Waals surface area contributed by atoms with Crippen molar-refractivity contribution in [3.8, 4) is 0 Å². The minimum Gasteiger partial charge on any atom is -0.351 e. The van der Waals surface area contributed by atoms with Crippen molar-refractivity contribution < 1.29 is 18.0 Å². The summed E-state index contributed by atoms with van der Waals surface area (Å²) in [7, 11) is -0.749. The molecule has 2 aromatic carbocycles. The van der Waals surface area contributed by atoms with Gasteiger partial charge in [-0.15, -0.1) is 16.4 Å². The number of hydrogen-bond donors (Lipinski definition) is 1. The second kappa shape index (κ2) is 11.9. The van der Waals surface area contributed by atoms with Gasteiger partial charge in [-0.25, -0.2) is 17.4 Å². The van der Waals surface area contributed by atoms with Crippen LogP contribution in [0.15, 0.2) is 70.9 Å². The van der Waals surface area contributed by atoms with Gasteiger partial charge in [0.25, 0.3) is 0 Å². The largest absolute Gasteiger partial charge is 0.351 e. The van der Waals surface area contributed by atoms with Gasteiger partial charge in [0, 0.05) is 30.7 Å². The molecule has 0 spiro atoms. The Morgan fingerprint density at radius 3 is 2.42 bits per heavy atom. The smallest absolute Gasteiger partial charge is 0.249 e. The maximum atomic E-state index is 14.1. The highest BCUT2D eigenvalue weighted by atomic mass is 32.2. The van der Waals surface area contributed by atoms with Crippen molar-refractivity contribution >= 4 is 49.9 Å². The summed E-state index contributed by atoms with van der Waals surface area (Å²) in [6, 6.07) is 16.2. The van der Waals surface area contributed by atoms with E-state index in [0.717, 1.165) is 36.4 Å². The molecule has 0 aliphatic heterocycles. The van der Waals surface area contributed by atoms with Gasteiger partial charge >= 0.3 is 0 Å². The molecule has 2 heterocycles. The normalized spacial score (nSPS) is 15.3. The number of fused-ring (bicyclic) bond motifs is 1. The second-order valence-corrected chi connectivity index (χ2v) is 13.2. The first-order chi connectivity index (χ1) is 19.3. The van der Waals surface area contributed by atoms with Crippen molar-refractivity contribution in [2.24, 2.45) is 0 Å². The van der Waals surface area contributed by atoms with Crippen molar-refractivity contribution in [1.29, 1.82) is 0 Å². The summed E-state index contributed by atoms with van der Waals surface area (Å²) in [4.78, 5) is 30.3. The molecule has 1 aliphatic carbocycles. The topological polar surface area (TPSA) is 118 Å². The summed E-state index contributed by atoms with van der Waals surface area (Å²) >= 11 is 1.39. The van der Waals surface area contributed by atoms with Crippen molar-refractivity contribution in [3.63, 3.8) is 0 Å². The first-order valence-electron chi connectivity index (χ1n) is 13.2. The Kier molecular flexibility index (Phi) is 8.29. The number of hydrogen-bond acceptors (Lipinski definition) is 7. The van der Waals surface area contributed by atoms with Crippen LogP contribution in [0.25, 0.3) is 11.0 Å². The van der Waals surface area contributed by atoms with Crippen LogP contribution >= 0.6 is 11.3 Å². The third-order valence-electron chi connectivity index (χ3n) is 7.14. The lowest BCUT2D eigenvalue weighted by atomic mass is 9.95. The molecule has 210 valence electrons. The first-order valence-corrected chi connectivity index (χ1v) is 15.5. The van der Waals surface area contributed by atoms with Crippen molar-refractivity contribution in [1.82, 2.24) is 24.6 Å². The van der Waals surface area contributed by atoms with Crippen LogP contribution in [0.3, 0.4) is 0 Å². The van der Waals surface area contributed by atoms with Gasteiger partial charge in [-0.05, 0) is 60.7 Å². The van der Waals surface area contributed by atoms with Gasteiger partial charge < -0.3 is 5.32 Å². The van der Waals surface area contributed by atoms with E-state index in [2.05, 4.69) is 15.6 Å². The number of nitrogens with zero attached hydrogens (tertiary/aromatic N) is 5. The molecule has 1 saturated carbocycles. The number of carbonyl (C=O) groups is 2. The quantitative estimate of drug-likeness (QED) is 0.320. The molecule has 2 amide bonds. The molecule has 0 bridgehead atoms. The molecule has 1 atom stereocenters. The Bertz CT molecular complexity index is 1580. The van der Waals surface area contributed by atoms with Crippen molar-refractivity contribution in [2.75, 3.05) is 19.0 Å². The molecular formula is C28H32N6O4S2. The number of sulfonamides is 1. The SMILES string of the molecule is CN(C)S(=O)(=O)c1ccc(N(C(=O)Cn2nnc3ccccc32)[C@H](C(=O)NC2CCCCC2)c2cccs2)cc1. The minimum atomic E-state index is -3.67. The zero-order chi connectivity index (χ0) is 28.3. The molecule has 1 fully saturated rings. The lowest BCUT2D eigenvalue weighted by molar-refractivity contribution is -0.127. The molecule has 1 N–H and O–H groups in total. The fourth-order valence-corrected chi connectivity index (χ4v) is 6.73. The molecule has 2 aromatic heterocycles. The summed E-state index contributed by atoms with van der Waals surface area (Å²) in [6.07, 6.45) is 5.06. The standard InChI is InChI=1S/C28H32N6O4S2/c1-32(2)40(37,38)22-16-14-21(15-17-22)34(26(35)19-33-24-12-7-6-11-23(24)30-31-33)27(25-13-8-18-39-25)28(36)29-20-9-4-3-5-10-20/h6-8,11-18,20,27H,3-5,9-10,19H2,1-2H3,(H,29,36)/t27-/m0/s1. The molecule has 1 aliphatic rings. The van der Waals surface area contributed by atoms with E-state index in [1.165, 1.54) is 47.1 Å². The Balaban J connectivity index is 1.55. The number of thiophene rings is 1. The van der Waals surface area contributed by atoms with Gasteiger partial charge in [0.15, 0.2) is 0 Å². The van der Waals surface area contributed by atoms with Crippen LogP contribution < -0.4 is 10.2 Å². The van der Waals surface area contributed by atoms with E-state index < -0.39 is 16.1 Å².